The fourth-order valence-corrected chi connectivity index (χ4v) is 2.81. The van der Waals surface area contributed by atoms with E-state index in [9.17, 15) is 4.79 Å². The highest BCUT2D eigenvalue weighted by Crippen LogP contribution is 2.22. The molecule has 0 radical (unpaired) electrons. The Hall–Kier alpha value is -3.33. The van der Waals surface area contributed by atoms with Crippen LogP contribution >= 0.6 is 0 Å². The first-order valence-corrected chi connectivity index (χ1v) is 8.49. The summed E-state index contributed by atoms with van der Waals surface area (Å²) in [6.45, 7) is 0. The van der Waals surface area contributed by atoms with Crippen LogP contribution in [-0.4, -0.2) is 13.0 Å². The quantitative estimate of drug-likeness (QED) is 0.664. The van der Waals surface area contributed by atoms with Crippen molar-refractivity contribution in [3.05, 3.63) is 108 Å². The fourth-order valence-electron chi connectivity index (χ4n) is 2.81. The van der Waals surface area contributed by atoms with E-state index >= 15 is 0 Å². The molecule has 0 bridgehead atoms. The van der Waals surface area contributed by atoms with Gasteiger partial charge in [-0.15, -0.1) is 0 Å². The van der Waals surface area contributed by atoms with Gasteiger partial charge in [-0.25, -0.2) is 0 Å². The second kappa shape index (κ2) is 8.67. The van der Waals surface area contributed by atoms with Crippen molar-refractivity contribution >= 4 is 12.0 Å². The van der Waals surface area contributed by atoms with E-state index in [1.165, 1.54) is 6.08 Å². The van der Waals surface area contributed by atoms with Gasteiger partial charge in [-0.2, -0.15) is 0 Å². The predicted octanol–water partition coefficient (Wildman–Crippen LogP) is 4.61. The number of amides is 1. The third kappa shape index (κ3) is 4.39. The maximum absolute atomic E-state index is 12.5. The Bertz CT molecular complexity index is 833. The van der Waals surface area contributed by atoms with Gasteiger partial charge < -0.3 is 10.1 Å². The van der Waals surface area contributed by atoms with Crippen molar-refractivity contribution in [2.45, 2.75) is 6.04 Å². The minimum atomic E-state index is -0.202. The first kappa shape index (κ1) is 17.5. The molecule has 0 atom stereocenters. The number of ether oxygens (including phenoxy) is 1. The third-order valence-corrected chi connectivity index (χ3v) is 4.11. The number of benzene rings is 3. The summed E-state index contributed by atoms with van der Waals surface area (Å²) in [5.41, 5.74) is 2.94. The molecule has 0 fully saturated rings. The summed E-state index contributed by atoms with van der Waals surface area (Å²) < 4.78 is 5.31. The highest BCUT2D eigenvalue weighted by molar-refractivity contribution is 5.92. The molecule has 0 aliphatic rings. The molecule has 3 aromatic carbocycles. The fraction of sp³-hybridized carbons (Fsp3) is 0.0870. The summed E-state index contributed by atoms with van der Waals surface area (Å²) in [7, 11) is 1.62. The van der Waals surface area contributed by atoms with E-state index in [1.807, 2.05) is 84.9 Å². The second-order valence-corrected chi connectivity index (χ2v) is 5.84. The van der Waals surface area contributed by atoms with E-state index in [-0.39, 0.29) is 11.9 Å². The van der Waals surface area contributed by atoms with Crippen molar-refractivity contribution in [2.75, 3.05) is 7.11 Å². The number of para-hydroxylation sites is 1. The SMILES string of the molecule is COc1ccccc1C=CC(=O)NC(c1ccccc1)c1ccccc1. The van der Waals surface area contributed by atoms with Crippen LogP contribution in [0.25, 0.3) is 6.08 Å². The van der Waals surface area contributed by atoms with Gasteiger partial charge >= 0.3 is 0 Å². The largest absolute Gasteiger partial charge is 0.496 e. The molecule has 0 saturated carbocycles. The average Bonchev–Trinajstić information content (AvgIpc) is 2.72. The van der Waals surface area contributed by atoms with Crippen LogP contribution in [0.15, 0.2) is 91.0 Å². The van der Waals surface area contributed by atoms with Crippen LogP contribution in [0.1, 0.15) is 22.7 Å². The Labute approximate surface area is 154 Å². The maximum Gasteiger partial charge on any atom is 0.244 e. The van der Waals surface area contributed by atoms with Crippen molar-refractivity contribution in [2.24, 2.45) is 0 Å². The molecule has 0 aromatic heterocycles. The Morgan fingerprint density at radius 2 is 1.38 bits per heavy atom. The topological polar surface area (TPSA) is 38.3 Å². The highest BCUT2D eigenvalue weighted by atomic mass is 16.5. The number of hydrogen-bond acceptors (Lipinski definition) is 2. The zero-order valence-electron chi connectivity index (χ0n) is 14.6. The molecule has 0 unspecified atom stereocenters. The molecule has 0 aliphatic heterocycles. The molecule has 130 valence electrons. The number of rotatable bonds is 6. The molecular formula is C23H21NO2. The maximum atomic E-state index is 12.5. The molecule has 3 aromatic rings. The summed E-state index contributed by atoms with van der Waals surface area (Å²) in [5.74, 6) is 0.577. The first-order valence-electron chi connectivity index (χ1n) is 8.49. The van der Waals surface area contributed by atoms with Crippen LogP contribution in [0.5, 0.6) is 5.75 Å². The lowest BCUT2D eigenvalue weighted by Gasteiger charge is -2.19. The van der Waals surface area contributed by atoms with E-state index < -0.39 is 0 Å². The summed E-state index contributed by atoms with van der Waals surface area (Å²) in [5, 5.41) is 3.09. The van der Waals surface area contributed by atoms with Crippen molar-refractivity contribution in [3.63, 3.8) is 0 Å². The van der Waals surface area contributed by atoms with E-state index in [0.29, 0.717) is 0 Å². The molecule has 26 heavy (non-hydrogen) atoms. The standard InChI is InChI=1S/C23H21NO2/c1-26-21-15-9-8-10-18(21)16-17-22(25)24-23(19-11-4-2-5-12-19)20-13-6-3-7-14-20/h2-17,23H,1H3,(H,24,25). The number of hydrogen-bond donors (Lipinski definition) is 1. The zero-order valence-corrected chi connectivity index (χ0v) is 14.6. The Morgan fingerprint density at radius 3 is 1.96 bits per heavy atom. The normalized spacial score (nSPS) is 10.8. The van der Waals surface area contributed by atoms with E-state index in [4.69, 9.17) is 4.74 Å². The van der Waals surface area contributed by atoms with Crippen molar-refractivity contribution in [1.82, 2.24) is 5.32 Å². The predicted molar refractivity (Wildman–Crippen MR) is 105 cm³/mol. The van der Waals surface area contributed by atoms with Crippen LogP contribution in [-0.2, 0) is 4.79 Å². The van der Waals surface area contributed by atoms with Crippen molar-refractivity contribution in [3.8, 4) is 5.75 Å². The van der Waals surface area contributed by atoms with Gasteiger partial charge in [0, 0.05) is 11.6 Å². The summed E-state index contributed by atoms with van der Waals surface area (Å²) in [6, 6.07) is 27.3. The van der Waals surface area contributed by atoms with E-state index in [0.717, 1.165) is 22.4 Å². The molecule has 1 amide bonds. The molecule has 0 saturated heterocycles. The number of nitrogens with one attached hydrogen (secondary N) is 1. The molecule has 1 N–H and O–H groups in total. The Balaban J connectivity index is 1.81. The lowest BCUT2D eigenvalue weighted by molar-refractivity contribution is -0.116. The van der Waals surface area contributed by atoms with E-state index in [2.05, 4.69) is 5.32 Å². The summed E-state index contributed by atoms with van der Waals surface area (Å²) in [4.78, 5) is 12.5. The zero-order chi connectivity index (χ0) is 18.2. The molecule has 3 heteroatoms. The van der Waals surface area contributed by atoms with Gasteiger partial charge in [0.05, 0.1) is 13.2 Å². The van der Waals surface area contributed by atoms with Crippen LogP contribution in [0.4, 0.5) is 0 Å². The third-order valence-electron chi connectivity index (χ3n) is 4.11. The van der Waals surface area contributed by atoms with Gasteiger partial charge in [0.15, 0.2) is 0 Å². The number of carbonyl (C=O) groups excluding carboxylic acids is 1. The Kier molecular flexibility index (Phi) is 5.84. The van der Waals surface area contributed by atoms with Crippen LogP contribution in [0.3, 0.4) is 0 Å². The van der Waals surface area contributed by atoms with Crippen LogP contribution < -0.4 is 10.1 Å². The second-order valence-electron chi connectivity index (χ2n) is 5.84. The molecular weight excluding hydrogens is 322 g/mol. The lowest BCUT2D eigenvalue weighted by Crippen LogP contribution is -2.27. The molecule has 0 spiro atoms. The number of methoxy groups -OCH3 is 1. The number of carbonyl (C=O) groups is 1. The van der Waals surface area contributed by atoms with Crippen molar-refractivity contribution < 1.29 is 9.53 Å². The lowest BCUT2D eigenvalue weighted by atomic mass is 9.98. The molecule has 3 rings (SSSR count). The van der Waals surface area contributed by atoms with E-state index in [1.54, 1.807) is 13.2 Å². The average molecular weight is 343 g/mol. The smallest absolute Gasteiger partial charge is 0.244 e. The Morgan fingerprint density at radius 1 is 0.846 bits per heavy atom. The van der Waals surface area contributed by atoms with Gasteiger partial charge in [-0.3, -0.25) is 4.79 Å². The minimum Gasteiger partial charge on any atom is -0.496 e. The van der Waals surface area contributed by atoms with Gasteiger partial charge in [0.1, 0.15) is 5.75 Å². The van der Waals surface area contributed by atoms with Crippen LogP contribution in [0.2, 0.25) is 0 Å². The summed E-state index contributed by atoms with van der Waals surface area (Å²) in [6.07, 6.45) is 3.30. The summed E-state index contributed by atoms with van der Waals surface area (Å²) >= 11 is 0. The minimum absolute atomic E-state index is 0.159. The molecule has 0 aliphatic carbocycles. The van der Waals surface area contributed by atoms with Gasteiger partial charge in [0.2, 0.25) is 5.91 Å². The monoisotopic (exact) mass is 343 g/mol. The van der Waals surface area contributed by atoms with Crippen molar-refractivity contribution in [1.29, 1.82) is 0 Å². The molecule has 0 heterocycles. The highest BCUT2D eigenvalue weighted by Gasteiger charge is 2.15. The first-order chi connectivity index (χ1) is 12.8. The molecule has 3 nitrogen and oxygen atoms in total. The van der Waals surface area contributed by atoms with Crippen LogP contribution in [0, 0.1) is 0 Å². The van der Waals surface area contributed by atoms with Gasteiger partial charge in [-0.05, 0) is 23.3 Å². The van der Waals surface area contributed by atoms with Gasteiger partial charge in [0.25, 0.3) is 0 Å². The van der Waals surface area contributed by atoms with Gasteiger partial charge in [-0.1, -0.05) is 78.9 Å².